The zero-order chi connectivity index (χ0) is 21.7. The number of hydrogen-bond donors (Lipinski definition) is 4. The summed E-state index contributed by atoms with van der Waals surface area (Å²) in [5, 5.41) is 11.3. The number of aryl methyl sites for hydroxylation is 1. The van der Waals surface area contributed by atoms with Gasteiger partial charge in [-0.25, -0.2) is 8.78 Å². The van der Waals surface area contributed by atoms with Crippen LogP contribution in [0.5, 0.6) is 0 Å². The highest BCUT2D eigenvalue weighted by Crippen LogP contribution is 2.43. The summed E-state index contributed by atoms with van der Waals surface area (Å²) in [7, 11) is 0. The summed E-state index contributed by atoms with van der Waals surface area (Å²) >= 11 is 4.12. The van der Waals surface area contributed by atoms with E-state index in [-0.39, 0.29) is 17.0 Å². The van der Waals surface area contributed by atoms with Crippen molar-refractivity contribution in [2.75, 3.05) is 11.9 Å². The zero-order valence-corrected chi connectivity index (χ0v) is 18.1. The van der Waals surface area contributed by atoms with Gasteiger partial charge in [-0.15, -0.1) is 0 Å². The largest absolute Gasteiger partial charge is 0.355 e. The lowest BCUT2D eigenvalue weighted by Crippen LogP contribution is -2.29. The third kappa shape index (κ3) is 5.18. The normalized spacial score (nSPS) is 18.9. The molecule has 0 aromatic heterocycles. The van der Waals surface area contributed by atoms with Gasteiger partial charge in [0.15, 0.2) is 0 Å². The van der Waals surface area contributed by atoms with Gasteiger partial charge in [-0.1, -0.05) is 37.4 Å². The summed E-state index contributed by atoms with van der Waals surface area (Å²) in [5.41, 5.74) is 4.96. The summed E-state index contributed by atoms with van der Waals surface area (Å²) < 4.78 is 30.3. The maximum absolute atomic E-state index is 14.1. The van der Waals surface area contributed by atoms with Gasteiger partial charge in [0.2, 0.25) is 0 Å². The highest BCUT2D eigenvalue weighted by molar-refractivity contribution is 7.78. The van der Waals surface area contributed by atoms with Crippen molar-refractivity contribution in [2.24, 2.45) is 5.41 Å². The lowest BCUT2D eigenvalue weighted by Gasteiger charge is -2.37. The van der Waals surface area contributed by atoms with E-state index in [2.05, 4.69) is 35.9 Å². The molecule has 0 saturated heterocycles. The van der Waals surface area contributed by atoms with Crippen LogP contribution in [0, 0.1) is 29.4 Å². The van der Waals surface area contributed by atoms with Crippen molar-refractivity contribution in [3.8, 4) is 0 Å². The average molecular weight is 428 g/mol. The molecule has 6 heteroatoms. The Balaban J connectivity index is 1.93. The fraction of sp³-hybridized carbons (Fsp3) is 0.292. The van der Waals surface area contributed by atoms with Gasteiger partial charge in [-0.3, -0.25) is 4.72 Å². The van der Waals surface area contributed by atoms with Crippen molar-refractivity contribution in [3.63, 3.8) is 0 Å². The van der Waals surface area contributed by atoms with E-state index in [9.17, 15) is 8.78 Å². The van der Waals surface area contributed by atoms with E-state index in [4.69, 9.17) is 5.41 Å². The first-order valence-electron chi connectivity index (χ1n) is 9.94. The van der Waals surface area contributed by atoms with E-state index >= 15 is 0 Å². The first-order chi connectivity index (χ1) is 14.3. The fourth-order valence-electron chi connectivity index (χ4n) is 3.94. The molecule has 0 saturated carbocycles. The van der Waals surface area contributed by atoms with E-state index in [0.29, 0.717) is 24.9 Å². The predicted molar refractivity (Wildman–Crippen MR) is 123 cm³/mol. The van der Waals surface area contributed by atoms with Crippen LogP contribution in [0.25, 0.3) is 0 Å². The van der Waals surface area contributed by atoms with Gasteiger partial charge < -0.3 is 10.7 Å². The van der Waals surface area contributed by atoms with Crippen molar-refractivity contribution < 1.29 is 8.78 Å². The Labute approximate surface area is 182 Å². The molecule has 1 aliphatic carbocycles. The second-order valence-corrected chi connectivity index (χ2v) is 8.36. The van der Waals surface area contributed by atoms with Crippen LogP contribution in [0.15, 0.2) is 65.4 Å². The van der Waals surface area contributed by atoms with Crippen LogP contribution in [-0.2, 0) is 6.42 Å². The summed E-state index contributed by atoms with van der Waals surface area (Å²) in [5.74, 6) is -0.490. The maximum atomic E-state index is 14.1. The van der Waals surface area contributed by atoms with Crippen LogP contribution in [0.4, 0.5) is 14.5 Å². The lowest BCUT2D eigenvalue weighted by atomic mass is 9.68. The monoisotopic (exact) mass is 427 g/mol. The van der Waals surface area contributed by atoms with Gasteiger partial charge in [0.25, 0.3) is 0 Å². The third-order valence-electron chi connectivity index (χ3n) is 5.65. The maximum Gasteiger partial charge on any atom is 0.126 e. The van der Waals surface area contributed by atoms with Crippen LogP contribution in [0.1, 0.15) is 30.9 Å². The minimum absolute atomic E-state index is 0.198. The Morgan fingerprint density at radius 3 is 2.53 bits per heavy atom. The van der Waals surface area contributed by atoms with Crippen LogP contribution in [-0.4, -0.2) is 12.8 Å². The second kappa shape index (κ2) is 9.58. The van der Waals surface area contributed by atoms with E-state index in [1.807, 2.05) is 12.1 Å². The number of halogens is 2. The molecule has 30 heavy (non-hydrogen) atoms. The van der Waals surface area contributed by atoms with E-state index < -0.39 is 0 Å². The summed E-state index contributed by atoms with van der Waals surface area (Å²) in [6, 6.07) is 11.5. The molecule has 1 unspecified atom stereocenters. The Hall–Kier alpha value is -2.44. The first kappa shape index (κ1) is 22.2. The lowest BCUT2D eigenvalue weighted by molar-refractivity contribution is 0.375. The molecule has 1 atom stereocenters. The van der Waals surface area contributed by atoms with Crippen molar-refractivity contribution in [1.29, 1.82) is 5.41 Å². The second-order valence-electron chi connectivity index (χ2n) is 8.04. The molecule has 158 valence electrons. The van der Waals surface area contributed by atoms with E-state index in [1.165, 1.54) is 23.9 Å². The molecule has 3 rings (SSSR count). The number of anilines is 1. The molecule has 0 fully saturated rings. The van der Waals surface area contributed by atoms with Crippen LogP contribution >= 0.6 is 12.8 Å². The van der Waals surface area contributed by atoms with Gasteiger partial charge in [0, 0.05) is 24.1 Å². The summed E-state index contributed by atoms with van der Waals surface area (Å²) in [6.07, 6.45) is 5.53. The molecular formula is C24H27F2N3S. The number of benzene rings is 2. The van der Waals surface area contributed by atoms with Gasteiger partial charge in [0.1, 0.15) is 11.6 Å². The molecular weight excluding hydrogens is 400 g/mol. The van der Waals surface area contributed by atoms with E-state index in [0.717, 1.165) is 28.9 Å². The first-order valence-corrected chi connectivity index (χ1v) is 10.4. The topological polar surface area (TPSA) is 47.9 Å². The Bertz CT molecular complexity index is 982. The molecule has 0 heterocycles. The smallest absolute Gasteiger partial charge is 0.126 e. The number of rotatable bonds is 8. The molecule has 0 bridgehead atoms. The molecule has 3 nitrogen and oxygen atoms in total. The summed E-state index contributed by atoms with van der Waals surface area (Å²) in [4.78, 5) is 0. The highest BCUT2D eigenvalue weighted by atomic mass is 32.1. The van der Waals surface area contributed by atoms with Crippen LogP contribution < -0.4 is 10.0 Å². The molecule has 2 aromatic rings. The fourth-order valence-corrected chi connectivity index (χ4v) is 4.05. The van der Waals surface area contributed by atoms with Crippen LogP contribution in [0.2, 0.25) is 0 Å². The highest BCUT2D eigenvalue weighted by Gasteiger charge is 2.34. The quantitative estimate of drug-likeness (QED) is 0.309. The van der Waals surface area contributed by atoms with Crippen molar-refractivity contribution in [2.45, 2.75) is 33.1 Å². The molecule has 0 radical (unpaired) electrons. The number of nitrogens with one attached hydrogen (secondary N) is 3. The Morgan fingerprint density at radius 2 is 1.90 bits per heavy atom. The number of allylic oxidation sites excluding steroid dienone is 2. The zero-order valence-electron chi connectivity index (χ0n) is 17.2. The van der Waals surface area contributed by atoms with Gasteiger partial charge in [-0.05, 0) is 84.7 Å². The molecule has 0 amide bonds. The van der Waals surface area contributed by atoms with Crippen molar-refractivity contribution in [3.05, 3.63) is 88.1 Å². The number of thiol groups is 1. The minimum atomic E-state index is -0.292. The Kier molecular flexibility index (Phi) is 7.10. The van der Waals surface area contributed by atoms with Gasteiger partial charge >= 0.3 is 0 Å². The van der Waals surface area contributed by atoms with Crippen molar-refractivity contribution >= 4 is 24.7 Å². The molecule has 0 aliphatic heterocycles. The standard InChI is InChI=1S/C24H27F2N3S/c1-16-3-4-17(11-22(16)26)13-24(2)14-18(15-27)23(12-19(24)9-10-28-30)29-21-7-5-20(25)6-8-21/h3-8,11-12,15,27-30H,9-10,13-14H2,1-2H3. The molecule has 1 aliphatic rings. The third-order valence-corrected chi connectivity index (χ3v) is 5.88. The van der Waals surface area contributed by atoms with Gasteiger partial charge in [0.05, 0.1) is 0 Å². The van der Waals surface area contributed by atoms with Gasteiger partial charge in [-0.2, -0.15) is 0 Å². The number of hydrogen-bond acceptors (Lipinski definition) is 4. The van der Waals surface area contributed by atoms with Crippen LogP contribution in [0.3, 0.4) is 0 Å². The van der Waals surface area contributed by atoms with Crippen molar-refractivity contribution in [1.82, 2.24) is 4.72 Å². The average Bonchev–Trinajstić information content (AvgIpc) is 2.72. The minimum Gasteiger partial charge on any atom is -0.355 e. The molecule has 3 N–H and O–H groups in total. The molecule has 2 aromatic carbocycles. The summed E-state index contributed by atoms with van der Waals surface area (Å²) in [6.45, 7) is 4.61. The predicted octanol–water partition coefficient (Wildman–Crippen LogP) is 5.99. The molecule has 0 spiro atoms. The van der Waals surface area contributed by atoms with E-state index in [1.54, 1.807) is 25.1 Å². The SMILES string of the molecule is Cc1ccc(CC2(C)CC(C=N)=C(Nc3ccc(F)cc3)C=C2CCNS)cc1F. The Morgan fingerprint density at radius 1 is 1.17 bits per heavy atom.